The Morgan fingerprint density at radius 2 is 1.86 bits per heavy atom. The molecule has 2 aromatic carbocycles. The molecule has 140 valence electrons. The van der Waals surface area contributed by atoms with Gasteiger partial charge < -0.3 is 9.73 Å². The molecule has 0 atom stereocenters. The summed E-state index contributed by atoms with van der Waals surface area (Å²) in [5.74, 6) is 0.372. The van der Waals surface area contributed by atoms with Crippen LogP contribution in [0.3, 0.4) is 0 Å². The van der Waals surface area contributed by atoms with E-state index < -0.39 is 0 Å². The van der Waals surface area contributed by atoms with Crippen LogP contribution in [0.2, 0.25) is 0 Å². The molecular weight excluding hydrogens is 420 g/mol. The molecule has 2 N–H and O–H groups in total. The van der Waals surface area contributed by atoms with E-state index >= 15 is 0 Å². The van der Waals surface area contributed by atoms with E-state index in [9.17, 15) is 4.79 Å². The lowest BCUT2D eigenvalue weighted by Gasteiger charge is -2.01. The molecule has 0 saturated carbocycles. The number of rotatable bonds is 6. The van der Waals surface area contributed by atoms with Crippen LogP contribution in [0.25, 0.3) is 22.7 Å². The van der Waals surface area contributed by atoms with E-state index in [0.717, 1.165) is 27.0 Å². The van der Waals surface area contributed by atoms with E-state index in [1.54, 1.807) is 12.3 Å². The van der Waals surface area contributed by atoms with Crippen molar-refractivity contribution in [2.45, 2.75) is 6.42 Å². The highest BCUT2D eigenvalue weighted by atomic mass is 79.9. The SMILES string of the molecule is O=C(NCCc1coc(-c2ccccc2)n1)c1cc(-c2ccc(Br)cc2)n[nH]1. The number of carbonyl (C=O) groups excluding carboxylic acids is 1. The number of nitrogens with zero attached hydrogens (tertiary/aromatic N) is 2. The molecule has 4 rings (SSSR count). The fourth-order valence-corrected chi connectivity index (χ4v) is 3.01. The number of oxazole rings is 1. The van der Waals surface area contributed by atoms with Crippen LogP contribution >= 0.6 is 15.9 Å². The van der Waals surface area contributed by atoms with Gasteiger partial charge in [0.05, 0.1) is 11.4 Å². The molecule has 28 heavy (non-hydrogen) atoms. The fourth-order valence-electron chi connectivity index (χ4n) is 2.74. The van der Waals surface area contributed by atoms with Crippen molar-refractivity contribution in [1.82, 2.24) is 20.5 Å². The van der Waals surface area contributed by atoms with Gasteiger partial charge in [-0.2, -0.15) is 5.10 Å². The first-order chi connectivity index (χ1) is 13.7. The lowest BCUT2D eigenvalue weighted by molar-refractivity contribution is 0.0949. The maximum absolute atomic E-state index is 12.3. The van der Waals surface area contributed by atoms with Gasteiger partial charge >= 0.3 is 0 Å². The monoisotopic (exact) mass is 436 g/mol. The third-order valence-electron chi connectivity index (χ3n) is 4.20. The van der Waals surface area contributed by atoms with E-state index in [-0.39, 0.29) is 5.91 Å². The Hall–Kier alpha value is -3.19. The molecule has 0 bridgehead atoms. The normalized spacial score (nSPS) is 10.8. The minimum Gasteiger partial charge on any atom is -0.444 e. The zero-order chi connectivity index (χ0) is 19.3. The van der Waals surface area contributed by atoms with E-state index in [0.29, 0.717) is 24.6 Å². The number of benzene rings is 2. The predicted octanol–water partition coefficient (Wildman–Crippen LogP) is 4.47. The minimum atomic E-state index is -0.206. The maximum atomic E-state index is 12.3. The van der Waals surface area contributed by atoms with Gasteiger partial charge in [0.15, 0.2) is 0 Å². The number of carbonyl (C=O) groups is 1. The first-order valence-corrected chi connectivity index (χ1v) is 9.58. The van der Waals surface area contributed by atoms with Crippen molar-refractivity contribution in [2.24, 2.45) is 0 Å². The largest absolute Gasteiger partial charge is 0.444 e. The molecule has 1 amide bonds. The number of hydrogen-bond acceptors (Lipinski definition) is 4. The quantitative estimate of drug-likeness (QED) is 0.467. The highest BCUT2D eigenvalue weighted by Crippen LogP contribution is 2.20. The molecule has 0 aliphatic heterocycles. The van der Waals surface area contributed by atoms with Crippen LogP contribution in [0.5, 0.6) is 0 Å². The van der Waals surface area contributed by atoms with Crippen molar-refractivity contribution in [2.75, 3.05) is 6.54 Å². The third-order valence-corrected chi connectivity index (χ3v) is 4.73. The molecule has 0 aliphatic rings. The number of aromatic amines is 1. The van der Waals surface area contributed by atoms with Gasteiger partial charge in [-0.1, -0.05) is 46.3 Å². The molecule has 0 unspecified atom stereocenters. The third kappa shape index (κ3) is 4.20. The van der Waals surface area contributed by atoms with Gasteiger partial charge in [-0.3, -0.25) is 9.89 Å². The molecule has 0 saturated heterocycles. The number of aromatic nitrogens is 3. The first-order valence-electron chi connectivity index (χ1n) is 8.78. The second-order valence-corrected chi connectivity index (χ2v) is 7.11. The van der Waals surface area contributed by atoms with Crippen molar-refractivity contribution in [3.8, 4) is 22.7 Å². The number of H-pyrrole nitrogens is 1. The molecule has 0 fully saturated rings. The minimum absolute atomic E-state index is 0.206. The van der Waals surface area contributed by atoms with E-state index in [2.05, 4.69) is 36.4 Å². The number of halogens is 1. The van der Waals surface area contributed by atoms with Crippen LogP contribution in [0.15, 0.2) is 75.8 Å². The Kier molecular flexibility index (Phi) is 5.34. The Labute approximate surface area is 170 Å². The van der Waals surface area contributed by atoms with Crippen LogP contribution in [0.1, 0.15) is 16.2 Å². The summed E-state index contributed by atoms with van der Waals surface area (Å²) in [5, 5.41) is 9.87. The molecule has 2 heterocycles. The topological polar surface area (TPSA) is 83.8 Å². The van der Waals surface area contributed by atoms with Gasteiger partial charge in [-0.05, 0) is 30.3 Å². The summed E-state index contributed by atoms with van der Waals surface area (Å²) in [4.78, 5) is 16.8. The van der Waals surface area contributed by atoms with Crippen molar-refractivity contribution in [1.29, 1.82) is 0 Å². The lowest BCUT2D eigenvalue weighted by atomic mass is 10.1. The Morgan fingerprint density at radius 3 is 2.64 bits per heavy atom. The van der Waals surface area contributed by atoms with Gasteiger partial charge in [-0.15, -0.1) is 0 Å². The maximum Gasteiger partial charge on any atom is 0.269 e. The second-order valence-electron chi connectivity index (χ2n) is 6.19. The standard InChI is InChI=1S/C21H17BrN4O2/c22-16-8-6-14(7-9-16)18-12-19(26-25-18)20(27)23-11-10-17-13-28-21(24-17)15-4-2-1-3-5-15/h1-9,12-13H,10-11H2,(H,23,27)(H,25,26). The first kappa shape index (κ1) is 18.2. The van der Waals surface area contributed by atoms with Crippen LogP contribution in [0, 0.1) is 0 Å². The molecule has 7 heteroatoms. The summed E-state index contributed by atoms with van der Waals surface area (Å²) in [6.45, 7) is 0.451. The van der Waals surface area contributed by atoms with Crippen molar-refractivity contribution < 1.29 is 9.21 Å². The molecule has 0 aliphatic carbocycles. The van der Waals surface area contributed by atoms with Gasteiger partial charge in [0.1, 0.15) is 12.0 Å². The second kappa shape index (κ2) is 8.22. The summed E-state index contributed by atoms with van der Waals surface area (Å²) in [6, 6.07) is 19.2. The highest BCUT2D eigenvalue weighted by Gasteiger charge is 2.12. The average Bonchev–Trinajstić information content (AvgIpc) is 3.39. The molecule has 6 nitrogen and oxygen atoms in total. The summed E-state index contributed by atoms with van der Waals surface area (Å²) >= 11 is 3.40. The number of amides is 1. The zero-order valence-electron chi connectivity index (χ0n) is 14.9. The molecule has 2 aromatic heterocycles. The predicted molar refractivity (Wildman–Crippen MR) is 110 cm³/mol. The summed E-state index contributed by atoms with van der Waals surface area (Å²) in [7, 11) is 0. The van der Waals surface area contributed by atoms with Crippen LogP contribution in [-0.4, -0.2) is 27.6 Å². The van der Waals surface area contributed by atoms with Gasteiger partial charge in [-0.25, -0.2) is 4.98 Å². The molecule has 0 radical (unpaired) electrons. The van der Waals surface area contributed by atoms with Crippen LogP contribution in [-0.2, 0) is 6.42 Å². The van der Waals surface area contributed by atoms with E-state index in [4.69, 9.17) is 4.42 Å². The fraction of sp³-hybridized carbons (Fsp3) is 0.0952. The lowest BCUT2D eigenvalue weighted by Crippen LogP contribution is -2.26. The van der Waals surface area contributed by atoms with E-state index in [1.165, 1.54) is 0 Å². The number of hydrogen-bond donors (Lipinski definition) is 2. The van der Waals surface area contributed by atoms with Crippen molar-refractivity contribution >= 4 is 21.8 Å². The summed E-state index contributed by atoms with van der Waals surface area (Å²) in [5.41, 5.74) is 3.80. The zero-order valence-corrected chi connectivity index (χ0v) is 16.4. The molecular formula is C21H17BrN4O2. The Balaban J connectivity index is 1.33. The van der Waals surface area contributed by atoms with Crippen molar-refractivity contribution in [3.05, 3.63) is 82.8 Å². The highest BCUT2D eigenvalue weighted by molar-refractivity contribution is 9.10. The molecule has 0 spiro atoms. The Morgan fingerprint density at radius 1 is 1.07 bits per heavy atom. The van der Waals surface area contributed by atoms with Crippen molar-refractivity contribution in [3.63, 3.8) is 0 Å². The van der Waals surface area contributed by atoms with Gasteiger partial charge in [0.25, 0.3) is 5.91 Å². The summed E-state index contributed by atoms with van der Waals surface area (Å²) < 4.78 is 6.50. The Bertz CT molecular complexity index is 1070. The van der Waals surface area contributed by atoms with Gasteiger partial charge in [0.2, 0.25) is 5.89 Å². The summed E-state index contributed by atoms with van der Waals surface area (Å²) in [6.07, 6.45) is 2.20. The average molecular weight is 437 g/mol. The number of nitrogens with one attached hydrogen (secondary N) is 2. The van der Waals surface area contributed by atoms with Gasteiger partial charge in [0, 0.05) is 28.6 Å². The smallest absolute Gasteiger partial charge is 0.269 e. The van der Waals surface area contributed by atoms with Crippen LogP contribution in [0.4, 0.5) is 0 Å². The van der Waals surface area contributed by atoms with E-state index in [1.807, 2.05) is 54.6 Å². The molecule has 4 aromatic rings. The van der Waals surface area contributed by atoms with Crippen LogP contribution < -0.4 is 5.32 Å².